The Bertz CT molecular complexity index is 174. The Kier molecular flexibility index (Phi) is 3.02. The summed E-state index contributed by atoms with van der Waals surface area (Å²) in [6, 6.07) is 0. The molecule has 60 valence electrons. The summed E-state index contributed by atoms with van der Waals surface area (Å²) in [7, 11) is 0. The summed E-state index contributed by atoms with van der Waals surface area (Å²) in [5, 5.41) is 0. The molecular formula is C9H13OS+. The van der Waals surface area contributed by atoms with E-state index in [1.54, 1.807) is 0 Å². The minimum atomic E-state index is -0.104. The predicted octanol–water partition coefficient (Wildman–Crippen LogP) is 2.14. The molecule has 0 atom stereocenters. The van der Waals surface area contributed by atoms with Crippen LogP contribution in [0.4, 0.5) is 0 Å². The first-order valence-corrected chi connectivity index (χ1v) is 4.82. The molecule has 1 nitrogen and oxygen atoms in total. The largest absolute Gasteiger partial charge is 0.466 e. The molecular weight excluding hydrogens is 156 g/mol. The van der Waals surface area contributed by atoms with Crippen LogP contribution < -0.4 is 0 Å². The summed E-state index contributed by atoms with van der Waals surface area (Å²) in [5.74, 6) is 2.61. The third-order valence-corrected chi connectivity index (χ3v) is 3.27. The molecule has 1 aliphatic rings. The van der Waals surface area contributed by atoms with E-state index < -0.39 is 0 Å². The number of rotatable bonds is 2. The van der Waals surface area contributed by atoms with Crippen molar-refractivity contribution in [1.82, 2.24) is 0 Å². The van der Waals surface area contributed by atoms with Gasteiger partial charge in [0.2, 0.25) is 0 Å². The highest BCUT2D eigenvalue weighted by molar-refractivity contribution is 7.67. The van der Waals surface area contributed by atoms with Crippen molar-refractivity contribution in [3.8, 4) is 12.3 Å². The van der Waals surface area contributed by atoms with Crippen molar-refractivity contribution in [2.75, 3.05) is 0 Å². The second-order valence-corrected chi connectivity index (χ2v) is 4.24. The Balaban J connectivity index is 2.58. The Labute approximate surface area is 72.1 Å². The van der Waals surface area contributed by atoms with Crippen molar-refractivity contribution in [3.05, 3.63) is 0 Å². The zero-order valence-electron chi connectivity index (χ0n) is 6.64. The lowest BCUT2D eigenvalue weighted by molar-refractivity contribution is 0.393. The Morgan fingerprint density at radius 1 is 1.36 bits per heavy atom. The van der Waals surface area contributed by atoms with E-state index in [0.29, 0.717) is 6.42 Å². The first-order chi connectivity index (χ1) is 5.33. The molecule has 1 saturated carbocycles. The fourth-order valence-electron chi connectivity index (χ4n) is 1.67. The maximum Gasteiger partial charge on any atom is 0.466 e. The highest BCUT2D eigenvalue weighted by Crippen LogP contribution is 2.32. The molecule has 0 aromatic carbocycles. The predicted molar refractivity (Wildman–Crippen MR) is 47.3 cm³/mol. The smallest absolute Gasteiger partial charge is 0.120 e. The van der Waals surface area contributed by atoms with Crippen molar-refractivity contribution >= 4 is 11.7 Å². The topological polar surface area (TPSA) is 17.1 Å². The molecule has 1 fully saturated rings. The highest BCUT2D eigenvalue weighted by Gasteiger charge is 2.44. The van der Waals surface area contributed by atoms with Gasteiger partial charge in [0.15, 0.2) is 0 Å². The number of hydrogen-bond donors (Lipinski definition) is 0. The van der Waals surface area contributed by atoms with Gasteiger partial charge in [-0.15, -0.1) is 12.3 Å². The average molecular weight is 169 g/mol. The van der Waals surface area contributed by atoms with E-state index in [4.69, 9.17) is 6.42 Å². The summed E-state index contributed by atoms with van der Waals surface area (Å²) in [6.07, 6.45) is 11.5. The maximum atomic E-state index is 10.8. The maximum absolute atomic E-state index is 10.8. The van der Waals surface area contributed by atoms with Crippen LogP contribution in [0.3, 0.4) is 0 Å². The van der Waals surface area contributed by atoms with E-state index in [2.05, 4.69) is 5.92 Å². The van der Waals surface area contributed by atoms with Crippen LogP contribution in [-0.4, -0.2) is 4.75 Å². The molecule has 0 aromatic heterocycles. The van der Waals surface area contributed by atoms with Gasteiger partial charge in [-0.3, -0.25) is 0 Å². The van der Waals surface area contributed by atoms with Crippen molar-refractivity contribution in [2.24, 2.45) is 0 Å². The van der Waals surface area contributed by atoms with Gasteiger partial charge in [-0.05, 0) is 12.8 Å². The van der Waals surface area contributed by atoms with Gasteiger partial charge in [0, 0.05) is 17.1 Å². The summed E-state index contributed by atoms with van der Waals surface area (Å²) >= 11 is 0.725. The fraction of sp³-hybridized carbons (Fsp3) is 0.778. The second kappa shape index (κ2) is 3.82. The van der Waals surface area contributed by atoms with E-state index in [1.807, 2.05) is 0 Å². The van der Waals surface area contributed by atoms with Gasteiger partial charge in [0.25, 0.3) is 4.75 Å². The molecule has 0 saturated heterocycles. The lowest BCUT2D eigenvalue weighted by Crippen LogP contribution is -2.29. The summed E-state index contributed by atoms with van der Waals surface area (Å²) < 4.78 is 10.7. The van der Waals surface area contributed by atoms with Crippen molar-refractivity contribution in [1.29, 1.82) is 0 Å². The minimum absolute atomic E-state index is 0.104. The quantitative estimate of drug-likeness (QED) is 0.457. The van der Waals surface area contributed by atoms with Crippen molar-refractivity contribution in [2.45, 2.75) is 43.3 Å². The molecule has 0 unspecified atom stereocenters. The number of hydrogen-bond acceptors (Lipinski definition) is 1. The third kappa shape index (κ3) is 2.00. The van der Waals surface area contributed by atoms with E-state index in [-0.39, 0.29) is 4.75 Å². The fourth-order valence-corrected chi connectivity index (χ4v) is 2.27. The molecule has 0 radical (unpaired) electrons. The van der Waals surface area contributed by atoms with Gasteiger partial charge in [-0.2, -0.15) is 0 Å². The molecule has 0 amide bonds. The molecule has 2 heteroatoms. The van der Waals surface area contributed by atoms with E-state index in [0.717, 1.165) is 24.5 Å². The van der Waals surface area contributed by atoms with Gasteiger partial charge in [-0.1, -0.05) is 6.42 Å². The van der Waals surface area contributed by atoms with Crippen LogP contribution in [0.2, 0.25) is 0 Å². The minimum Gasteiger partial charge on any atom is -0.120 e. The second-order valence-electron chi connectivity index (χ2n) is 3.21. The van der Waals surface area contributed by atoms with Crippen LogP contribution in [-0.2, 0) is 15.9 Å². The van der Waals surface area contributed by atoms with Gasteiger partial charge >= 0.3 is 11.7 Å². The standard InChI is InChI=1S/C9H13OS/c1-2-6-9(11-10)7-4-3-5-8-9/h1H,3-8H2/q+1. The monoisotopic (exact) mass is 169 g/mol. The molecule has 1 rings (SSSR count). The van der Waals surface area contributed by atoms with E-state index in [9.17, 15) is 4.21 Å². The third-order valence-electron chi connectivity index (χ3n) is 2.37. The van der Waals surface area contributed by atoms with Crippen LogP contribution in [0, 0.1) is 12.3 Å². The highest BCUT2D eigenvalue weighted by atomic mass is 32.1. The lowest BCUT2D eigenvalue weighted by Gasteiger charge is -2.19. The zero-order valence-corrected chi connectivity index (χ0v) is 7.45. The van der Waals surface area contributed by atoms with Gasteiger partial charge < -0.3 is 0 Å². The normalized spacial score (nSPS) is 22.1. The lowest BCUT2D eigenvalue weighted by atomic mass is 9.86. The Morgan fingerprint density at radius 2 is 2.00 bits per heavy atom. The van der Waals surface area contributed by atoms with Crippen LogP contribution in [0.1, 0.15) is 38.5 Å². The first-order valence-electron chi connectivity index (χ1n) is 4.07. The summed E-state index contributed by atoms with van der Waals surface area (Å²) in [6.45, 7) is 0. The van der Waals surface area contributed by atoms with Gasteiger partial charge in [0.05, 0.1) is 6.42 Å². The van der Waals surface area contributed by atoms with Crippen LogP contribution >= 0.6 is 0 Å². The van der Waals surface area contributed by atoms with E-state index >= 15 is 0 Å². The van der Waals surface area contributed by atoms with Gasteiger partial charge in [-0.25, -0.2) is 0 Å². The average Bonchev–Trinajstić information content (AvgIpc) is 2.07. The molecule has 0 heterocycles. The van der Waals surface area contributed by atoms with Crippen LogP contribution in [0.25, 0.3) is 0 Å². The first kappa shape index (κ1) is 8.67. The molecule has 0 N–H and O–H groups in total. The molecule has 0 aliphatic heterocycles. The van der Waals surface area contributed by atoms with Crippen molar-refractivity contribution in [3.63, 3.8) is 0 Å². The van der Waals surface area contributed by atoms with E-state index in [1.165, 1.54) is 19.3 Å². The summed E-state index contributed by atoms with van der Waals surface area (Å²) in [5.41, 5.74) is 0. The SMILES string of the molecule is C#CCC1([S+]=O)CCCCC1. The van der Waals surface area contributed by atoms with Gasteiger partial charge in [0.1, 0.15) is 0 Å². The molecule has 0 aromatic rings. The van der Waals surface area contributed by atoms with Crippen LogP contribution in [0.5, 0.6) is 0 Å². The summed E-state index contributed by atoms with van der Waals surface area (Å²) in [4.78, 5) is 0. The number of terminal acetylenes is 1. The Hall–Kier alpha value is -0.420. The molecule has 0 bridgehead atoms. The van der Waals surface area contributed by atoms with Crippen LogP contribution in [0.15, 0.2) is 0 Å². The molecule has 1 aliphatic carbocycles. The van der Waals surface area contributed by atoms with Crippen molar-refractivity contribution < 1.29 is 4.21 Å². The Morgan fingerprint density at radius 3 is 2.45 bits per heavy atom. The molecule has 11 heavy (non-hydrogen) atoms. The zero-order chi connectivity index (χ0) is 8.16. The molecule has 0 spiro atoms.